The van der Waals surface area contributed by atoms with Crippen molar-refractivity contribution in [3.05, 3.63) is 57.7 Å². The van der Waals surface area contributed by atoms with Crippen molar-refractivity contribution in [2.75, 3.05) is 5.73 Å². The summed E-state index contributed by atoms with van der Waals surface area (Å²) < 4.78 is 0. The van der Waals surface area contributed by atoms with E-state index < -0.39 is 5.60 Å². The molecule has 0 bridgehead atoms. The van der Waals surface area contributed by atoms with Crippen molar-refractivity contribution in [2.24, 2.45) is 0 Å². The van der Waals surface area contributed by atoms with Crippen LogP contribution in [0.4, 0.5) is 5.82 Å². The largest absolute Gasteiger partial charge is 0.383 e. The molecule has 0 spiro atoms. The molecule has 0 fully saturated rings. The standard InChI is InChI=1S/C17H19ClN2O/c1-17(21,15-9-14(18)10-20-16(15)19)13-7-6-11-4-2-3-5-12(11)8-13/h6-10,21H,2-5H2,1H3,(H2,19,20). The van der Waals surface area contributed by atoms with Gasteiger partial charge in [0.1, 0.15) is 11.4 Å². The highest BCUT2D eigenvalue weighted by molar-refractivity contribution is 6.30. The Bertz CT molecular complexity index is 682. The molecular weight excluding hydrogens is 284 g/mol. The van der Waals surface area contributed by atoms with Crippen LogP contribution in [0, 0.1) is 0 Å². The highest BCUT2D eigenvalue weighted by Crippen LogP contribution is 2.35. The zero-order valence-corrected chi connectivity index (χ0v) is 12.8. The summed E-state index contributed by atoms with van der Waals surface area (Å²) in [7, 11) is 0. The van der Waals surface area contributed by atoms with E-state index in [0.717, 1.165) is 18.4 Å². The maximum absolute atomic E-state index is 11.0. The van der Waals surface area contributed by atoms with Gasteiger partial charge in [0.05, 0.1) is 5.02 Å². The molecule has 1 aromatic carbocycles. The molecule has 1 aliphatic carbocycles. The molecule has 0 saturated heterocycles. The molecule has 2 aromatic rings. The fraction of sp³-hybridized carbons (Fsp3) is 0.353. The average Bonchev–Trinajstić information content (AvgIpc) is 2.49. The number of nitrogen functional groups attached to an aromatic ring is 1. The van der Waals surface area contributed by atoms with Crippen LogP contribution in [0.15, 0.2) is 30.5 Å². The second-order valence-electron chi connectivity index (χ2n) is 5.85. The molecule has 1 atom stereocenters. The average molecular weight is 303 g/mol. The monoisotopic (exact) mass is 302 g/mol. The molecule has 1 heterocycles. The lowest BCUT2D eigenvalue weighted by Gasteiger charge is -2.27. The van der Waals surface area contributed by atoms with Gasteiger partial charge in [-0.3, -0.25) is 0 Å². The number of anilines is 1. The number of hydrogen-bond donors (Lipinski definition) is 2. The van der Waals surface area contributed by atoms with E-state index in [9.17, 15) is 5.11 Å². The predicted molar refractivity (Wildman–Crippen MR) is 85.4 cm³/mol. The number of pyridine rings is 1. The Morgan fingerprint density at radius 2 is 1.90 bits per heavy atom. The van der Waals surface area contributed by atoms with Crippen molar-refractivity contribution in [1.82, 2.24) is 4.98 Å². The highest BCUT2D eigenvalue weighted by atomic mass is 35.5. The van der Waals surface area contributed by atoms with Crippen molar-refractivity contribution in [1.29, 1.82) is 0 Å². The lowest BCUT2D eigenvalue weighted by molar-refractivity contribution is 0.103. The molecule has 0 amide bonds. The van der Waals surface area contributed by atoms with Gasteiger partial charge in [-0.05, 0) is 55.4 Å². The van der Waals surface area contributed by atoms with Crippen LogP contribution in [0.2, 0.25) is 5.02 Å². The van der Waals surface area contributed by atoms with Crippen LogP contribution in [-0.2, 0) is 18.4 Å². The van der Waals surface area contributed by atoms with Gasteiger partial charge in [-0.2, -0.15) is 0 Å². The van der Waals surface area contributed by atoms with Gasteiger partial charge >= 0.3 is 0 Å². The van der Waals surface area contributed by atoms with Crippen molar-refractivity contribution in [3.63, 3.8) is 0 Å². The van der Waals surface area contributed by atoms with Gasteiger partial charge in [-0.25, -0.2) is 4.98 Å². The van der Waals surface area contributed by atoms with Gasteiger partial charge in [-0.15, -0.1) is 0 Å². The number of fused-ring (bicyclic) bond motifs is 1. The minimum Gasteiger partial charge on any atom is -0.383 e. The fourth-order valence-corrected chi connectivity index (χ4v) is 3.19. The Hall–Kier alpha value is -1.58. The molecule has 4 heteroatoms. The first-order valence-electron chi connectivity index (χ1n) is 7.24. The normalized spacial score (nSPS) is 17.1. The molecule has 21 heavy (non-hydrogen) atoms. The second-order valence-corrected chi connectivity index (χ2v) is 6.29. The zero-order valence-electron chi connectivity index (χ0n) is 12.1. The third-order valence-corrected chi connectivity index (χ3v) is 4.53. The van der Waals surface area contributed by atoms with Crippen LogP contribution >= 0.6 is 11.6 Å². The molecule has 0 saturated carbocycles. The second kappa shape index (κ2) is 5.32. The van der Waals surface area contributed by atoms with E-state index in [4.69, 9.17) is 17.3 Å². The molecule has 110 valence electrons. The lowest BCUT2D eigenvalue weighted by Crippen LogP contribution is -2.25. The maximum atomic E-state index is 11.0. The molecule has 0 aliphatic heterocycles. The van der Waals surface area contributed by atoms with Crippen LogP contribution in [0.1, 0.15) is 42.0 Å². The summed E-state index contributed by atoms with van der Waals surface area (Å²) in [6.07, 6.45) is 6.14. The Kier molecular flexibility index (Phi) is 3.64. The van der Waals surface area contributed by atoms with Gasteiger partial charge in [-0.1, -0.05) is 29.8 Å². The van der Waals surface area contributed by atoms with Gasteiger partial charge in [0, 0.05) is 11.8 Å². The number of halogens is 1. The lowest BCUT2D eigenvalue weighted by atomic mass is 9.83. The Labute approximate surface area is 129 Å². The molecule has 3 rings (SSSR count). The smallest absolute Gasteiger partial charge is 0.129 e. The summed E-state index contributed by atoms with van der Waals surface area (Å²) in [4.78, 5) is 4.04. The number of nitrogens with zero attached hydrogens (tertiary/aromatic N) is 1. The Balaban J connectivity index is 2.07. The van der Waals surface area contributed by atoms with Gasteiger partial charge in [0.15, 0.2) is 0 Å². The van der Waals surface area contributed by atoms with E-state index in [1.54, 1.807) is 13.0 Å². The van der Waals surface area contributed by atoms with Crippen molar-refractivity contribution in [3.8, 4) is 0 Å². The SMILES string of the molecule is CC(O)(c1ccc2c(c1)CCCC2)c1cc(Cl)cnc1N. The Morgan fingerprint density at radius 3 is 2.67 bits per heavy atom. The third kappa shape index (κ3) is 2.63. The molecule has 0 radical (unpaired) electrons. The van der Waals surface area contributed by atoms with Gasteiger partial charge in [0.25, 0.3) is 0 Å². The summed E-state index contributed by atoms with van der Waals surface area (Å²) >= 11 is 6.00. The molecule has 1 aromatic heterocycles. The van der Waals surface area contributed by atoms with Crippen LogP contribution in [0.25, 0.3) is 0 Å². The van der Waals surface area contributed by atoms with Crippen molar-refractivity contribution < 1.29 is 5.11 Å². The van der Waals surface area contributed by atoms with Crippen LogP contribution in [0.5, 0.6) is 0 Å². The summed E-state index contributed by atoms with van der Waals surface area (Å²) in [5, 5.41) is 11.5. The summed E-state index contributed by atoms with van der Waals surface area (Å²) in [5.74, 6) is 0.308. The first-order chi connectivity index (χ1) is 9.98. The number of rotatable bonds is 2. The first kappa shape index (κ1) is 14.4. The number of nitrogens with two attached hydrogens (primary N) is 1. The number of hydrogen-bond acceptors (Lipinski definition) is 3. The molecular formula is C17H19ClN2O. The summed E-state index contributed by atoms with van der Waals surface area (Å²) in [6.45, 7) is 1.74. The predicted octanol–water partition coefficient (Wildman–Crippen LogP) is 3.45. The van der Waals surface area contributed by atoms with Crippen molar-refractivity contribution in [2.45, 2.75) is 38.2 Å². The topological polar surface area (TPSA) is 59.1 Å². The molecule has 1 aliphatic rings. The van der Waals surface area contributed by atoms with E-state index in [-0.39, 0.29) is 0 Å². The van der Waals surface area contributed by atoms with Crippen LogP contribution in [0.3, 0.4) is 0 Å². The van der Waals surface area contributed by atoms with E-state index in [1.165, 1.54) is 30.2 Å². The van der Waals surface area contributed by atoms with Crippen LogP contribution in [-0.4, -0.2) is 10.1 Å². The quantitative estimate of drug-likeness (QED) is 0.893. The van der Waals surface area contributed by atoms with E-state index in [1.807, 2.05) is 6.07 Å². The van der Waals surface area contributed by atoms with E-state index in [2.05, 4.69) is 17.1 Å². The molecule has 3 N–H and O–H groups in total. The van der Waals surface area contributed by atoms with Gasteiger partial charge in [0.2, 0.25) is 0 Å². The highest BCUT2D eigenvalue weighted by Gasteiger charge is 2.29. The summed E-state index contributed by atoms with van der Waals surface area (Å²) in [5.41, 5.74) is 8.81. The number of aromatic nitrogens is 1. The summed E-state index contributed by atoms with van der Waals surface area (Å²) in [6, 6.07) is 7.87. The Morgan fingerprint density at radius 1 is 1.19 bits per heavy atom. The minimum atomic E-state index is -1.20. The van der Waals surface area contributed by atoms with Crippen LogP contribution < -0.4 is 5.73 Å². The molecule has 1 unspecified atom stereocenters. The number of aryl methyl sites for hydroxylation is 2. The third-order valence-electron chi connectivity index (χ3n) is 4.32. The number of benzene rings is 1. The molecule has 3 nitrogen and oxygen atoms in total. The minimum absolute atomic E-state index is 0.308. The van der Waals surface area contributed by atoms with E-state index >= 15 is 0 Å². The van der Waals surface area contributed by atoms with Gasteiger partial charge < -0.3 is 10.8 Å². The first-order valence-corrected chi connectivity index (χ1v) is 7.62. The maximum Gasteiger partial charge on any atom is 0.129 e. The fourth-order valence-electron chi connectivity index (χ4n) is 3.03. The number of aliphatic hydroxyl groups is 1. The van der Waals surface area contributed by atoms with E-state index in [0.29, 0.717) is 16.4 Å². The zero-order chi connectivity index (χ0) is 15.0. The van der Waals surface area contributed by atoms with Crippen molar-refractivity contribution >= 4 is 17.4 Å².